The maximum absolute atomic E-state index is 12.9. The summed E-state index contributed by atoms with van der Waals surface area (Å²) in [7, 11) is 0. The van der Waals surface area contributed by atoms with Gasteiger partial charge in [0.2, 0.25) is 5.91 Å². The third-order valence-corrected chi connectivity index (χ3v) is 9.08. The zero-order valence-electron chi connectivity index (χ0n) is 32.8. The third kappa shape index (κ3) is 18.2. The molecule has 9 N–H and O–H groups in total. The molecule has 2 aliphatic rings. The molecular formula is C42H67NO13. The lowest BCUT2D eigenvalue weighted by Gasteiger charge is -2.46. The highest BCUT2D eigenvalue weighted by molar-refractivity contribution is 5.76. The summed E-state index contributed by atoms with van der Waals surface area (Å²) in [5.74, 6) is -0.340. The van der Waals surface area contributed by atoms with E-state index in [4.69, 9.17) is 18.9 Å². The van der Waals surface area contributed by atoms with Gasteiger partial charge in [-0.05, 0) is 51.4 Å². The lowest BCUT2D eigenvalue weighted by Crippen LogP contribution is -2.65. The fourth-order valence-corrected chi connectivity index (χ4v) is 5.79. The van der Waals surface area contributed by atoms with Gasteiger partial charge >= 0.3 is 0 Å². The number of carbonyl (C=O) groups excluding carboxylic acids is 1. The summed E-state index contributed by atoms with van der Waals surface area (Å²) in [5.41, 5.74) is 0. The van der Waals surface area contributed by atoms with Crippen molar-refractivity contribution in [3.05, 3.63) is 85.1 Å². The fourth-order valence-electron chi connectivity index (χ4n) is 5.79. The van der Waals surface area contributed by atoms with E-state index in [1.807, 2.05) is 19.1 Å². The number of hydrogen-bond acceptors (Lipinski definition) is 13. The predicted octanol–water partition coefficient (Wildman–Crippen LogP) is 2.31. The standard InChI is InChI=1S/C42H67NO13/c1-3-5-7-8-9-10-11-12-13-14-15-16-17-18-19-20-21-22-24-26-34(47)43-30(31(46)25-23-6-4-2)29-53-41-39(52)37(50)40(33(28-45)55-41)56-42-38(51)36(49)35(48)32(27-44)54-42/h5,7,9-10,12-13,15-16,18-19,21-23,25,30-33,35-42,44-46,48-52H,3-4,6,8,11,14,17,20,24,26-29H2,1-2H3,(H,43,47)/b7-5-,10-9-,13-12-,16-15-,19-18-,22-21-,25-23+. The van der Waals surface area contributed by atoms with Crippen LogP contribution in [-0.4, -0.2) is 140 Å². The number of nitrogens with one attached hydrogen (secondary N) is 1. The van der Waals surface area contributed by atoms with Gasteiger partial charge in [0.05, 0.1) is 32.0 Å². The van der Waals surface area contributed by atoms with E-state index < -0.39 is 86.8 Å². The lowest BCUT2D eigenvalue weighted by molar-refractivity contribution is -0.359. The van der Waals surface area contributed by atoms with Crippen LogP contribution < -0.4 is 5.32 Å². The molecule has 0 aliphatic carbocycles. The average molecular weight is 794 g/mol. The van der Waals surface area contributed by atoms with E-state index in [1.165, 1.54) is 6.08 Å². The van der Waals surface area contributed by atoms with Gasteiger partial charge in [0.25, 0.3) is 0 Å². The molecule has 2 aliphatic heterocycles. The van der Waals surface area contributed by atoms with Crippen LogP contribution in [0.5, 0.6) is 0 Å². The first-order valence-electron chi connectivity index (χ1n) is 19.8. The highest BCUT2D eigenvalue weighted by Crippen LogP contribution is 2.29. The average Bonchev–Trinajstić information content (AvgIpc) is 3.19. The summed E-state index contributed by atoms with van der Waals surface area (Å²) in [6, 6.07) is -0.954. The molecule has 1 amide bonds. The molecule has 14 heteroatoms. The molecule has 0 aromatic rings. The molecule has 0 bridgehead atoms. The Balaban J connectivity index is 1.83. The lowest BCUT2D eigenvalue weighted by atomic mass is 9.97. The molecule has 2 rings (SSSR count). The van der Waals surface area contributed by atoms with E-state index in [9.17, 15) is 45.6 Å². The zero-order chi connectivity index (χ0) is 41.1. The predicted molar refractivity (Wildman–Crippen MR) is 212 cm³/mol. The summed E-state index contributed by atoms with van der Waals surface area (Å²) < 4.78 is 22.3. The minimum absolute atomic E-state index is 0.148. The number of carbonyl (C=O) groups is 1. The smallest absolute Gasteiger partial charge is 0.220 e. The monoisotopic (exact) mass is 793 g/mol. The van der Waals surface area contributed by atoms with Crippen LogP contribution in [0.25, 0.3) is 0 Å². The van der Waals surface area contributed by atoms with Crippen molar-refractivity contribution in [1.29, 1.82) is 0 Å². The van der Waals surface area contributed by atoms with Gasteiger partial charge in [-0.1, -0.05) is 105 Å². The molecule has 0 saturated carbocycles. The van der Waals surface area contributed by atoms with Gasteiger partial charge < -0.3 is 65.1 Å². The maximum Gasteiger partial charge on any atom is 0.220 e. The molecule has 0 radical (unpaired) electrons. The normalized spacial score (nSPS) is 30.3. The molecule has 12 atom stereocenters. The summed E-state index contributed by atoms with van der Waals surface area (Å²) in [6.07, 6.45) is 19.1. The number of aliphatic hydroxyl groups is 8. The third-order valence-electron chi connectivity index (χ3n) is 9.08. The topological polar surface area (TPSA) is 228 Å². The highest BCUT2D eigenvalue weighted by Gasteiger charge is 2.50. The van der Waals surface area contributed by atoms with Crippen molar-refractivity contribution in [2.24, 2.45) is 0 Å². The van der Waals surface area contributed by atoms with Gasteiger partial charge in [0, 0.05) is 6.42 Å². The largest absolute Gasteiger partial charge is 0.394 e. The Kier molecular flexibility index (Phi) is 25.9. The van der Waals surface area contributed by atoms with E-state index in [0.717, 1.165) is 44.9 Å². The van der Waals surface area contributed by atoms with Crippen LogP contribution in [0.2, 0.25) is 0 Å². The molecule has 2 saturated heterocycles. The summed E-state index contributed by atoms with van der Waals surface area (Å²) >= 11 is 0. The number of ether oxygens (including phenoxy) is 4. The van der Waals surface area contributed by atoms with Gasteiger partial charge in [-0.3, -0.25) is 4.79 Å². The summed E-state index contributed by atoms with van der Waals surface area (Å²) in [6.45, 7) is 2.32. The van der Waals surface area contributed by atoms with Gasteiger partial charge in [-0.15, -0.1) is 0 Å². The van der Waals surface area contributed by atoms with Crippen LogP contribution >= 0.6 is 0 Å². The van der Waals surface area contributed by atoms with E-state index >= 15 is 0 Å². The molecule has 14 nitrogen and oxygen atoms in total. The van der Waals surface area contributed by atoms with E-state index in [0.29, 0.717) is 12.8 Å². The minimum atomic E-state index is -1.79. The van der Waals surface area contributed by atoms with Crippen LogP contribution in [0, 0.1) is 0 Å². The first-order valence-corrected chi connectivity index (χ1v) is 19.8. The first kappa shape index (κ1) is 49.3. The number of rotatable bonds is 26. The Hall–Kier alpha value is -2.83. The number of aliphatic hydroxyl groups excluding tert-OH is 8. The Morgan fingerprint density at radius 1 is 0.643 bits per heavy atom. The van der Waals surface area contributed by atoms with Crippen molar-refractivity contribution >= 4 is 5.91 Å². The van der Waals surface area contributed by atoms with Gasteiger partial charge in [0.15, 0.2) is 12.6 Å². The number of allylic oxidation sites excluding steroid dienone is 13. The van der Waals surface area contributed by atoms with Gasteiger partial charge in [0.1, 0.15) is 48.8 Å². The second-order valence-corrected chi connectivity index (χ2v) is 13.7. The van der Waals surface area contributed by atoms with E-state index in [2.05, 4.69) is 73.0 Å². The Morgan fingerprint density at radius 3 is 1.70 bits per heavy atom. The summed E-state index contributed by atoms with van der Waals surface area (Å²) in [5, 5.41) is 85.4. The Bertz CT molecular complexity index is 1260. The van der Waals surface area contributed by atoms with Crippen molar-refractivity contribution in [2.45, 2.75) is 152 Å². The first-order chi connectivity index (χ1) is 27.1. The SMILES string of the molecule is CC/C=C\C/C=C\C/C=C\C/C=C\C/C=C\C/C=C\CCC(=O)NC(COC1OC(CO)C(OC2OC(CO)C(O)C(O)C2O)C(O)C1O)C(O)/C=C/CCC. The Morgan fingerprint density at radius 2 is 1.16 bits per heavy atom. The fraction of sp³-hybridized carbons (Fsp3) is 0.643. The van der Waals surface area contributed by atoms with Crippen LogP contribution in [-0.2, 0) is 23.7 Å². The second-order valence-electron chi connectivity index (χ2n) is 13.7. The number of unbranched alkanes of at least 4 members (excludes halogenated alkanes) is 1. The van der Waals surface area contributed by atoms with Crippen molar-refractivity contribution < 1.29 is 64.6 Å². The van der Waals surface area contributed by atoms with E-state index in [-0.39, 0.29) is 18.9 Å². The molecule has 2 fully saturated rings. The molecule has 2 heterocycles. The van der Waals surface area contributed by atoms with Crippen LogP contribution in [0.3, 0.4) is 0 Å². The molecule has 56 heavy (non-hydrogen) atoms. The molecule has 12 unspecified atom stereocenters. The second kappa shape index (κ2) is 29.4. The van der Waals surface area contributed by atoms with Crippen LogP contribution in [0.1, 0.15) is 78.1 Å². The molecular weight excluding hydrogens is 726 g/mol. The van der Waals surface area contributed by atoms with Crippen molar-refractivity contribution in [2.75, 3.05) is 19.8 Å². The zero-order valence-corrected chi connectivity index (χ0v) is 32.8. The van der Waals surface area contributed by atoms with Crippen molar-refractivity contribution in [3.8, 4) is 0 Å². The maximum atomic E-state index is 12.9. The van der Waals surface area contributed by atoms with Crippen molar-refractivity contribution in [1.82, 2.24) is 5.32 Å². The van der Waals surface area contributed by atoms with Crippen molar-refractivity contribution in [3.63, 3.8) is 0 Å². The molecule has 0 spiro atoms. The van der Waals surface area contributed by atoms with Gasteiger partial charge in [-0.25, -0.2) is 0 Å². The highest BCUT2D eigenvalue weighted by atomic mass is 16.7. The molecule has 0 aromatic carbocycles. The van der Waals surface area contributed by atoms with Crippen LogP contribution in [0.4, 0.5) is 0 Å². The van der Waals surface area contributed by atoms with E-state index in [1.54, 1.807) is 6.08 Å². The number of amides is 1. The summed E-state index contributed by atoms with van der Waals surface area (Å²) in [4.78, 5) is 12.9. The molecule has 0 aromatic heterocycles. The number of hydrogen-bond donors (Lipinski definition) is 9. The Labute approximate surface area is 331 Å². The minimum Gasteiger partial charge on any atom is -0.394 e. The quantitative estimate of drug-likeness (QED) is 0.0574. The van der Waals surface area contributed by atoms with Crippen LogP contribution in [0.15, 0.2) is 85.1 Å². The van der Waals surface area contributed by atoms with Gasteiger partial charge in [-0.2, -0.15) is 0 Å². The molecule has 318 valence electrons.